The lowest BCUT2D eigenvalue weighted by Gasteiger charge is -2.03. The van der Waals surface area contributed by atoms with E-state index in [0.29, 0.717) is 15.8 Å². The van der Waals surface area contributed by atoms with Crippen molar-refractivity contribution in [1.29, 1.82) is 0 Å². The second-order valence-corrected chi connectivity index (χ2v) is 3.73. The van der Waals surface area contributed by atoms with Crippen molar-refractivity contribution < 1.29 is 13.9 Å². The second-order valence-electron chi connectivity index (χ2n) is 3.32. The SMILES string of the molecule is CCOC(=O)c1cc2c(Cl)cccc2c(=O)o1. The minimum atomic E-state index is -0.675. The van der Waals surface area contributed by atoms with Crippen LogP contribution < -0.4 is 5.63 Å². The fourth-order valence-electron chi connectivity index (χ4n) is 1.48. The molecule has 1 heterocycles. The standard InChI is InChI=1S/C12H9ClO4/c1-2-16-12(15)10-6-8-7(11(14)17-10)4-3-5-9(8)13/h3-6H,2H2,1H3. The van der Waals surface area contributed by atoms with Crippen LogP contribution in [0.3, 0.4) is 0 Å². The van der Waals surface area contributed by atoms with Crippen LogP contribution in [-0.4, -0.2) is 12.6 Å². The van der Waals surface area contributed by atoms with Gasteiger partial charge in [-0.15, -0.1) is 0 Å². The summed E-state index contributed by atoms with van der Waals surface area (Å²) >= 11 is 5.95. The van der Waals surface area contributed by atoms with Crippen molar-refractivity contribution in [2.24, 2.45) is 0 Å². The average molecular weight is 253 g/mol. The Balaban J connectivity index is 2.66. The molecule has 0 fully saturated rings. The molecule has 0 aliphatic carbocycles. The summed E-state index contributed by atoms with van der Waals surface area (Å²) in [5.74, 6) is -0.816. The number of ether oxygens (including phenoxy) is 1. The Morgan fingerprint density at radius 2 is 2.18 bits per heavy atom. The fourth-order valence-corrected chi connectivity index (χ4v) is 1.71. The molecular weight excluding hydrogens is 244 g/mol. The van der Waals surface area contributed by atoms with E-state index in [1.165, 1.54) is 6.07 Å². The van der Waals surface area contributed by atoms with Crippen LogP contribution in [0.5, 0.6) is 0 Å². The molecule has 0 bridgehead atoms. The van der Waals surface area contributed by atoms with E-state index >= 15 is 0 Å². The molecule has 0 saturated heterocycles. The van der Waals surface area contributed by atoms with Gasteiger partial charge in [-0.25, -0.2) is 9.59 Å². The number of rotatable bonds is 2. The van der Waals surface area contributed by atoms with Crippen LogP contribution in [0.25, 0.3) is 10.8 Å². The number of fused-ring (bicyclic) bond motifs is 1. The monoisotopic (exact) mass is 252 g/mol. The van der Waals surface area contributed by atoms with E-state index in [0.717, 1.165) is 0 Å². The van der Waals surface area contributed by atoms with Crippen LogP contribution in [0.15, 0.2) is 33.5 Å². The van der Waals surface area contributed by atoms with Crippen molar-refractivity contribution in [2.75, 3.05) is 6.61 Å². The molecular formula is C12H9ClO4. The van der Waals surface area contributed by atoms with Crippen LogP contribution in [0.1, 0.15) is 17.5 Å². The molecule has 4 nitrogen and oxygen atoms in total. The summed E-state index contributed by atoms with van der Waals surface area (Å²) in [5.41, 5.74) is -0.604. The highest BCUT2D eigenvalue weighted by Crippen LogP contribution is 2.22. The first kappa shape index (κ1) is 11.7. The van der Waals surface area contributed by atoms with E-state index in [-0.39, 0.29) is 12.4 Å². The summed E-state index contributed by atoms with van der Waals surface area (Å²) in [6.45, 7) is 1.88. The topological polar surface area (TPSA) is 56.5 Å². The van der Waals surface area contributed by atoms with Crippen molar-refractivity contribution in [2.45, 2.75) is 6.92 Å². The van der Waals surface area contributed by atoms with Crippen LogP contribution in [0.4, 0.5) is 0 Å². The molecule has 0 atom stereocenters. The minimum absolute atomic E-state index is 0.141. The highest BCUT2D eigenvalue weighted by Gasteiger charge is 2.14. The first-order valence-corrected chi connectivity index (χ1v) is 5.40. The third-order valence-corrected chi connectivity index (χ3v) is 2.56. The zero-order valence-electron chi connectivity index (χ0n) is 9.03. The maximum atomic E-state index is 11.6. The van der Waals surface area contributed by atoms with Crippen molar-refractivity contribution in [3.8, 4) is 0 Å². The van der Waals surface area contributed by atoms with Gasteiger partial charge in [0.2, 0.25) is 5.76 Å². The molecule has 0 unspecified atom stereocenters. The molecule has 2 rings (SSSR count). The van der Waals surface area contributed by atoms with Gasteiger partial charge in [0.1, 0.15) is 0 Å². The van der Waals surface area contributed by atoms with E-state index in [2.05, 4.69) is 0 Å². The van der Waals surface area contributed by atoms with E-state index in [1.807, 2.05) is 0 Å². The first-order valence-electron chi connectivity index (χ1n) is 5.03. The van der Waals surface area contributed by atoms with Crippen LogP contribution in [0, 0.1) is 0 Å². The molecule has 0 spiro atoms. The Hall–Kier alpha value is -1.81. The van der Waals surface area contributed by atoms with Gasteiger partial charge in [-0.05, 0) is 25.1 Å². The number of benzene rings is 1. The molecule has 1 aromatic carbocycles. The van der Waals surface area contributed by atoms with Crippen molar-refractivity contribution in [1.82, 2.24) is 0 Å². The third kappa shape index (κ3) is 2.17. The highest BCUT2D eigenvalue weighted by molar-refractivity contribution is 6.35. The Labute approximate surface area is 102 Å². The number of carbonyl (C=O) groups excluding carboxylic acids is 1. The molecule has 0 aliphatic heterocycles. The predicted octanol–water partition coefficient (Wildman–Crippen LogP) is 2.62. The van der Waals surface area contributed by atoms with Gasteiger partial charge < -0.3 is 9.15 Å². The quantitative estimate of drug-likeness (QED) is 0.771. The van der Waals surface area contributed by atoms with Gasteiger partial charge in [0.25, 0.3) is 0 Å². The third-order valence-electron chi connectivity index (χ3n) is 2.23. The van der Waals surface area contributed by atoms with Crippen LogP contribution >= 0.6 is 11.6 Å². The van der Waals surface area contributed by atoms with Crippen LogP contribution in [0.2, 0.25) is 5.02 Å². The second kappa shape index (κ2) is 4.59. The number of hydrogen-bond donors (Lipinski definition) is 0. The number of carbonyl (C=O) groups is 1. The number of halogens is 1. The van der Waals surface area contributed by atoms with Gasteiger partial charge in [0.05, 0.1) is 12.0 Å². The lowest BCUT2D eigenvalue weighted by molar-refractivity contribution is 0.0485. The predicted molar refractivity (Wildman–Crippen MR) is 63.5 cm³/mol. The van der Waals surface area contributed by atoms with Crippen molar-refractivity contribution in [3.63, 3.8) is 0 Å². The molecule has 1 aromatic heterocycles. The zero-order valence-corrected chi connectivity index (χ0v) is 9.78. The maximum absolute atomic E-state index is 11.6. The molecule has 5 heteroatoms. The van der Waals surface area contributed by atoms with E-state index in [9.17, 15) is 9.59 Å². The smallest absolute Gasteiger partial charge is 0.374 e. The largest absolute Gasteiger partial charge is 0.460 e. The van der Waals surface area contributed by atoms with Crippen LogP contribution in [-0.2, 0) is 4.74 Å². The van der Waals surface area contributed by atoms with Gasteiger partial charge >= 0.3 is 11.6 Å². The van der Waals surface area contributed by atoms with E-state index in [1.54, 1.807) is 25.1 Å². The Morgan fingerprint density at radius 1 is 1.41 bits per heavy atom. The summed E-state index contributed by atoms with van der Waals surface area (Å²) in [7, 11) is 0. The summed E-state index contributed by atoms with van der Waals surface area (Å²) in [5, 5.41) is 1.21. The van der Waals surface area contributed by atoms with Crippen molar-refractivity contribution >= 4 is 28.3 Å². The number of esters is 1. The fraction of sp³-hybridized carbons (Fsp3) is 0.167. The number of hydrogen-bond acceptors (Lipinski definition) is 4. The molecule has 0 aliphatic rings. The summed E-state index contributed by atoms with van der Waals surface area (Å²) in [6.07, 6.45) is 0. The summed E-state index contributed by atoms with van der Waals surface area (Å²) < 4.78 is 9.63. The summed E-state index contributed by atoms with van der Waals surface area (Å²) in [6, 6.07) is 6.28. The molecule has 88 valence electrons. The average Bonchev–Trinajstić information content (AvgIpc) is 2.30. The van der Waals surface area contributed by atoms with Gasteiger partial charge in [0, 0.05) is 10.4 Å². The van der Waals surface area contributed by atoms with E-state index in [4.69, 9.17) is 20.8 Å². The molecule has 17 heavy (non-hydrogen) atoms. The lowest BCUT2D eigenvalue weighted by Crippen LogP contribution is -2.10. The molecule has 2 aromatic rings. The summed E-state index contributed by atoms with van der Waals surface area (Å²) in [4.78, 5) is 23.1. The Kier molecular flexibility index (Phi) is 3.15. The highest BCUT2D eigenvalue weighted by atomic mass is 35.5. The van der Waals surface area contributed by atoms with E-state index < -0.39 is 11.6 Å². The first-order chi connectivity index (χ1) is 8.13. The Bertz CT molecular complexity index is 630. The molecule has 0 amide bonds. The van der Waals surface area contributed by atoms with Crippen molar-refractivity contribution in [3.05, 3.63) is 45.5 Å². The molecule has 0 saturated carbocycles. The maximum Gasteiger partial charge on any atom is 0.374 e. The lowest BCUT2D eigenvalue weighted by atomic mass is 10.1. The molecule has 0 radical (unpaired) electrons. The van der Waals surface area contributed by atoms with Gasteiger partial charge in [-0.3, -0.25) is 0 Å². The van der Waals surface area contributed by atoms with Gasteiger partial charge in [-0.2, -0.15) is 0 Å². The van der Waals surface area contributed by atoms with Gasteiger partial charge in [-0.1, -0.05) is 17.7 Å². The minimum Gasteiger partial charge on any atom is -0.460 e. The Morgan fingerprint density at radius 3 is 2.88 bits per heavy atom. The molecule has 0 N–H and O–H groups in total. The van der Waals surface area contributed by atoms with Gasteiger partial charge in [0.15, 0.2) is 0 Å². The zero-order chi connectivity index (χ0) is 12.4. The normalized spacial score (nSPS) is 10.5.